The molecule has 196 valence electrons. The van der Waals surface area contributed by atoms with E-state index in [1.54, 1.807) is 18.2 Å². The number of aromatic nitrogens is 1. The van der Waals surface area contributed by atoms with E-state index in [9.17, 15) is 14.4 Å². The molecule has 0 bridgehead atoms. The molecule has 3 aromatic carbocycles. The van der Waals surface area contributed by atoms with Gasteiger partial charge in [0.2, 0.25) is 0 Å². The minimum absolute atomic E-state index is 0.0650. The number of aromatic amines is 1. The van der Waals surface area contributed by atoms with Crippen molar-refractivity contribution in [2.24, 2.45) is 0 Å². The lowest BCUT2D eigenvalue weighted by Crippen LogP contribution is -2.44. The number of carbonyl (C=O) groups excluding carboxylic acids is 2. The number of hydrogen-bond donors (Lipinski definition) is 2. The van der Waals surface area contributed by atoms with Crippen molar-refractivity contribution in [3.63, 3.8) is 0 Å². The molecule has 1 amide bonds. The number of hydrogen-bond acceptors (Lipinski definition) is 6. The van der Waals surface area contributed by atoms with Crippen LogP contribution in [0.15, 0.2) is 88.2 Å². The first kappa shape index (κ1) is 24.5. The molecule has 1 unspecified atom stereocenters. The van der Waals surface area contributed by atoms with E-state index in [1.165, 1.54) is 0 Å². The number of amides is 1. The summed E-state index contributed by atoms with van der Waals surface area (Å²) in [6.45, 7) is 0.0650. The number of para-hydroxylation sites is 1. The van der Waals surface area contributed by atoms with E-state index in [-0.39, 0.29) is 24.4 Å². The van der Waals surface area contributed by atoms with Crippen molar-refractivity contribution in [1.29, 1.82) is 0 Å². The third-order valence-corrected chi connectivity index (χ3v) is 7.05. The van der Waals surface area contributed by atoms with Gasteiger partial charge in [0, 0.05) is 40.5 Å². The zero-order valence-electron chi connectivity index (χ0n) is 21.1. The second kappa shape index (κ2) is 10.5. The van der Waals surface area contributed by atoms with Gasteiger partial charge in [-0.1, -0.05) is 48.5 Å². The summed E-state index contributed by atoms with van der Waals surface area (Å²) in [5, 5.41) is 4.46. The number of esters is 1. The van der Waals surface area contributed by atoms with Gasteiger partial charge < -0.3 is 24.2 Å². The molecule has 6 rings (SSSR count). The molecule has 1 aliphatic rings. The third-order valence-electron chi connectivity index (χ3n) is 7.05. The molecular weight excluding hydrogens is 496 g/mol. The fraction of sp³-hybridized carbons (Fsp3) is 0.194. The molecule has 0 radical (unpaired) electrons. The number of nitrogens with one attached hydrogen (secondary N) is 2. The van der Waals surface area contributed by atoms with Gasteiger partial charge >= 0.3 is 17.7 Å². The van der Waals surface area contributed by atoms with Crippen LogP contribution in [0.3, 0.4) is 0 Å². The molecule has 0 aliphatic heterocycles. The molecule has 0 spiro atoms. The van der Waals surface area contributed by atoms with Crippen LogP contribution in [-0.4, -0.2) is 23.1 Å². The van der Waals surface area contributed by atoms with Crippen molar-refractivity contribution >= 4 is 33.9 Å². The minimum Gasteiger partial charge on any atom is -0.445 e. The van der Waals surface area contributed by atoms with Crippen LogP contribution in [0.25, 0.3) is 21.9 Å². The lowest BCUT2D eigenvalue weighted by molar-refractivity contribution is -0.136. The first-order valence-electron chi connectivity index (χ1n) is 12.9. The summed E-state index contributed by atoms with van der Waals surface area (Å²) < 4.78 is 16.6. The smallest absolute Gasteiger partial charge is 0.408 e. The van der Waals surface area contributed by atoms with Gasteiger partial charge in [0.1, 0.15) is 24.0 Å². The lowest BCUT2D eigenvalue weighted by Gasteiger charge is -2.18. The Kier molecular flexibility index (Phi) is 6.59. The fourth-order valence-corrected chi connectivity index (χ4v) is 5.14. The Balaban J connectivity index is 1.23. The monoisotopic (exact) mass is 522 g/mol. The molecule has 0 saturated heterocycles. The summed E-state index contributed by atoms with van der Waals surface area (Å²) >= 11 is 0. The highest BCUT2D eigenvalue weighted by Crippen LogP contribution is 2.30. The molecule has 5 aromatic rings. The van der Waals surface area contributed by atoms with Crippen molar-refractivity contribution < 1.29 is 23.5 Å². The zero-order valence-corrected chi connectivity index (χ0v) is 21.1. The van der Waals surface area contributed by atoms with E-state index in [2.05, 4.69) is 10.3 Å². The molecule has 2 N–H and O–H groups in total. The van der Waals surface area contributed by atoms with Crippen molar-refractivity contribution in [2.45, 2.75) is 38.3 Å². The molecule has 0 fully saturated rings. The number of fused-ring (bicyclic) bond motifs is 4. The molecule has 39 heavy (non-hydrogen) atoms. The van der Waals surface area contributed by atoms with E-state index >= 15 is 0 Å². The highest BCUT2D eigenvalue weighted by molar-refractivity contribution is 5.88. The van der Waals surface area contributed by atoms with Crippen molar-refractivity contribution in [1.82, 2.24) is 10.3 Å². The summed E-state index contributed by atoms with van der Waals surface area (Å²) in [5.74, 6) is -0.447. The summed E-state index contributed by atoms with van der Waals surface area (Å²) in [6.07, 6.45) is 3.70. The van der Waals surface area contributed by atoms with Gasteiger partial charge in [0.15, 0.2) is 0 Å². The highest BCUT2D eigenvalue weighted by atomic mass is 16.6. The standard InChI is InChI=1S/C31H26N2O6/c34-29-25-11-6-10-23(25)24-14-13-21(16-28(24)39-29)38-30(35)27(15-20-17-32-26-12-5-4-9-22(20)26)33-31(36)37-18-19-7-2-1-3-8-19/h1-5,7-9,12-14,16-17,27,32H,6,10-11,15,18H2,(H,33,36). The lowest BCUT2D eigenvalue weighted by atomic mass is 10.0. The van der Waals surface area contributed by atoms with Crippen LogP contribution in [0.1, 0.15) is 28.7 Å². The number of alkyl carbamates (subject to hydrolysis) is 1. The Bertz CT molecular complexity index is 1740. The van der Waals surface area contributed by atoms with E-state index in [1.807, 2.05) is 60.8 Å². The predicted molar refractivity (Wildman–Crippen MR) is 146 cm³/mol. The van der Waals surface area contributed by atoms with E-state index in [0.29, 0.717) is 12.0 Å². The Labute approximate surface area is 223 Å². The SMILES string of the molecule is O=C(NC(Cc1c[nH]c2ccccc12)C(=O)Oc1ccc2c3c(c(=O)oc2c1)CCC3)OCc1ccccc1. The minimum atomic E-state index is -1.03. The van der Waals surface area contributed by atoms with Crippen molar-refractivity contribution in [3.8, 4) is 5.75 Å². The molecule has 1 atom stereocenters. The Hall–Kier alpha value is -4.85. The highest BCUT2D eigenvalue weighted by Gasteiger charge is 2.26. The zero-order chi connectivity index (χ0) is 26.8. The normalized spacial score (nSPS) is 13.2. The van der Waals surface area contributed by atoms with Gasteiger partial charge in [-0.25, -0.2) is 14.4 Å². The summed E-state index contributed by atoms with van der Waals surface area (Å²) in [4.78, 5) is 41.7. The third kappa shape index (κ3) is 5.13. The van der Waals surface area contributed by atoms with Crippen LogP contribution >= 0.6 is 0 Å². The summed E-state index contributed by atoms with van der Waals surface area (Å²) in [7, 11) is 0. The van der Waals surface area contributed by atoms with Crippen LogP contribution in [0.5, 0.6) is 5.75 Å². The second-order valence-corrected chi connectivity index (χ2v) is 9.60. The molecular formula is C31H26N2O6. The maximum atomic E-state index is 13.4. The molecule has 1 aliphatic carbocycles. The van der Waals surface area contributed by atoms with Gasteiger partial charge in [0.25, 0.3) is 0 Å². The van der Waals surface area contributed by atoms with Gasteiger partial charge in [-0.05, 0) is 54.2 Å². The van der Waals surface area contributed by atoms with Gasteiger partial charge in [-0.2, -0.15) is 0 Å². The van der Waals surface area contributed by atoms with Crippen LogP contribution in [0.2, 0.25) is 0 Å². The number of aryl methyl sites for hydroxylation is 1. The van der Waals surface area contributed by atoms with Gasteiger partial charge in [0.05, 0.1) is 0 Å². The van der Waals surface area contributed by atoms with Gasteiger partial charge in [-0.15, -0.1) is 0 Å². The second-order valence-electron chi connectivity index (χ2n) is 9.60. The molecule has 2 heterocycles. The van der Waals surface area contributed by atoms with Crippen LogP contribution in [-0.2, 0) is 35.4 Å². The van der Waals surface area contributed by atoms with E-state index in [4.69, 9.17) is 13.9 Å². The van der Waals surface area contributed by atoms with E-state index in [0.717, 1.165) is 51.4 Å². The number of H-pyrrole nitrogens is 1. The van der Waals surface area contributed by atoms with Crippen LogP contribution in [0, 0.1) is 0 Å². The molecule has 8 nitrogen and oxygen atoms in total. The average molecular weight is 523 g/mol. The summed E-state index contributed by atoms with van der Waals surface area (Å²) in [5.41, 5.74) is 4.34. The topological polar surface area (TPSA) is 111 Å². The first-order chi connectivity index (χ1) is 19.0. The van der Waals surface area contributed by atoms with Crippen molar-refractivity contribution in [3.05, 3.63) is 112 Å². The Morgan fingerprint density at radius 3 is 2.62 bits per heavy atom. The van der Waals surface area contributed by atoms with Crippen molar-refractivity contribution in [2.75, 3.05) is 0 Å². The largest absolute Gasteiger partial charge is 0.445 e. The molecule has 8 heteroatoms. The Morgan fingerprint density at radius 2 is 1.74 bits per heavy atom. The maximum Gasteiger partial charge on any atom is 0.408 e. The molecule has 0 saturated carbocycles. The number of rotatable bonds is 7. The quantitative estimate of drug-likeness (QED) is 0.173. The van der Waals surface area contributed by atoms with Crippen LogP contribution in [0.4, 0.5) is 4.79 Å². The molecule has 2 aromatic heterocycles. The van der Waals surface area contributed by atoms with Gasteiger partial charge in [-0.3, -0.25) is 0 Å². The average Bonchev–Trinajstić information content (AvgIpc) is 3.60. The predicted octanol–water partition coefficient (Wildman–Crippen LogP) is 5.21. The number of carbonyl (C=O) groups is 2. The first-order valence-corrected chi connectivity index (χ1v) is 12.9. The maximum absolute atomic E-state index is 13.4. The van der Waals surface area contributed by atoms with E-state index < -0.39 is 18.1 Å². The summed E-state index contributed by atoms with van der Waals surface area (Å²) in [6, 6.07) is 21.0. The Morgan fingerprint density at radius 1 is 0.949 bits per heavy atom. The van der Waals surface area contributed by atoms with Crippen LogP contribution < -0.4 is 15.7 Å². The fourth-order valence-electron chi connectivity index (χ4n) is 5.14. The number of benzene rings is 3. The number of ether oxygens (including phenoxy) is 2.